The van der Waals surface area contributed by atoms with E-state index in [0.717, 1.165) is 25.7 Å². The molecule has 2 N–H and O–H groups in total. The maximum absolute atomic E-state index is 12.5. The molecule has 1 saturated carbocycles. The summed E-state index contributed by atoms with van der Waals surface area (Å²) in [7, 11) is 0. The van der Waals surface area contributed by atoms with Crippen molar-refractivity contribution in [2.24, 2.45) is 11.1 Å². The van der Waals surface area contributed by atoms with Gasteiger partial charge in [-0.3, -0.25) is 4.79 Å². The van der Waals surface area contributed by atoms with Crippen LogP contribution in [0, 0.1) is 5.41 Å². The molecule has 4 nitrogen and oxygen atoms in total. The van der Waals surface area contributed by atoms with Gasteiger partial charge in [-0.15, -0.1) is 0 Å². The van der Waals surface area contributed by atoms with Crippen molar-refractivity contribution >= 4 is 5.78 Å². The van der Waals surface area contributed by atoms with Crippen LogP contribution in [0.15, 0.2) is 18.7 Å². The number of hydrogen-bond donors (Lipinski definition) is 1. The lowest BCUT2D eigenvalue weighted by Crippen LogP contribution is -2.38. The lowest BCUT2D eigenvalue weighted by atomic mass is 9.75. The number of rotatable bonds is 3. The summed E-state index contributed by atoms with van der Waals surface area (Å²) in [6, 6.07) is 0. The number of aromatic nitrogens is 2. The maximum atomic E-state index is 12.5. The SMILES string of the molecule is NCC1(C(=O)c2cncnc2)CCCCCC1. The smallest absolute Gasteiger partial charge is 0.173 e. The molecule has 0 aliphatic heterocycles. The van der Waals surface area contributed by atoms with Crippen LogP contribution in [0.2, 0.25) is 0 Å². The molecule has 0 bridgehead atoms. The van der Waals surface area contributed by atoms with Gasteiger partial charge in [0.15, 0.2) is 5.78 Å². The van der Waals surface area contributed by atoms with Crippen LogP contribution in [0.1, 0.15) is 48.9 Å². The van der Waals surface area contributed by atoms with Gasteiger partial charge in [0, 0.05) is 24.4 Å². The Hall–Kier alpha value is -1.29. The van der Waals surface area contributed by atoms with E-state index < -0.39 is 0 Å². The van der Waals surface area contributed by atoms with Gasteiger partial charge in [-0.05, 0) is 12.8 Å². The molecule has 1 aliphatic rings. The fraction of sp³-hybridized carbons (Fsp3) is 0.615. The Kier molecular flexibility index (Phi) is 3.84. The van der Waals surface area contributed by atoms with E-state index in [0.29, 0.717) is 12.1 Å². The lowest BCUT2D eigenvalue weighted by molar-refractivity contribution is 0.0773. The van der Waals surface area contributed by atoms with Crippen LogP contribution in [-0.4, -0.2) is 22.3 Å². The highest BCUT2D eigenvalue weighted by Gasteiger charge is 2.37. The molecule has 0 aromatic carbocycles. The van der Waals surface area contributed by atoms with E-state index >= 15 is 0 Å². The molecule has 1 heterocycles. The maximum Gasteiger partial charge on any atom is 0.173 e. The molecule has 1 fully saturated rings. The highest BCUT2D eigenvalue weighted by Crippen LogP contribution is 2.36. The molecule has 2 rings (SSSR count). The van der Waals surface area contributed by atoms with Crippen molar-refractivity contribution in [2.45, 2.75) is 38.5 Å². The second-order valence-electron chi connectivity index (χ2n) is 4.85. The summed E-state index contributed by atoms with van der Waals surface area (Å²) in [4.78, 5) is 20.4. The molecule has 0 atom stereocenters. The molecule has 4 heteroatoms. The van der Waals surface area contributed by atoms with Gasteiger partial charge in [-0.2, -0.15) is 0 Å². The largest absolute Gasteiger partial charge is 0.329 e. The van der Waals surface area contributed by atoms with E-state index in [1.54, 1.807) is 12.4 Å². The van der Waals surface area contributed by atoms with Gasteiger partial charge < -0.3 is 5.73 Å². The zero-order valence-electron chi connectivity index (χ0n) is 10.1. The number of carbonyl (C=O) groups excluding carboxylic acids is 1. The fourth-order valence-corrected chi connectivity index (χ4v) is 2.65. The van der Waals surface area contributed by atoms with E-state index in [1.807, 2.05) is 0 Å². The molecule has 92 valence electrons. The molecule has 17 heavy (non-hydrogen) atoms. The number of nitrogens with two attached hydrogens (primary N) is 1. The van der Waals surface area contributed by atoms with Crippen molar-refractivity contribution in [2.75, 3.05) is 6.54 Å². The summed E-state index contributed by atoms with van der Waals surface area (Å²) in [6.07, 6.45) is 11.0. The molecule has 1 aliphatic carbocycles. The summed E-state index contributed by atoms with van der Waals surface area (Å²) >= 11 is 0. The quantitative estimate of drug-likeness (QED) is 0.640. The zero-order chi connectivity index (χ0) is 12.1. The van der Waals surface area contributed by atoms with Crippen LogP contribution < -0.4 is 5.73 Å². The Balaban J connectivity index is 2.25. The first kappa shape index (κ1) is 12.2. The van der Waals surface area contributed by atoms with Crippen LogP contribution in [0.25, 0.3) is 0 Å². The lowest BCUT2D eigenvalue weighted by Gasteiger charge is -2.29. The Labute approximate surface area is 102 Å². The van der Waals surface area contributed by atoms with Crippen molar-refractivity contribution in [1.82, 2.24) is 9.97 Å². The third kappa shape index (κ3) is 2.52. The van der Waals surface area contributed by atoms with Crippen molar-refractivity contribution < 1.29 is 4.79 Å². The van der Waals surface area contributed by atoms with Gasteiger partial charge in [0.05, 0.1) is 5.56 Å². The van der Waals surface area contributed by atoms with Gasteiger partial charge in [0.1, 0.15) is 6.33 Å². The molecular weight excluding hydrogens is 214 g/mol. The normalized spacial score (nSPS) is 19.6. The molecule has 0 radical (unpaired) electrons. The van der Waals surface area contributed by atoms with Crippen molar-refractivity contribution in [3.63, 3.8) is 0 Å². The Morgan fingerprint density at radius 3 is 2.29 bits per heavy atom. The average Bonchev–Trinajstić information content (AvgIpc) is 2.65. The van der Waals surface area contributed by atoms with Crippen molar-refractivity contribution in [3.8, 4) is 0 Å². The zero-order valence-corrected chi connectivity index (χ0v) is 10.1. The fourth-order valence-electron chi connectivity index (χ4n) is 2.65. The number of carbonyl (C=O) groups is 1. The van der Waals surface area contributed by atoms with Crippen molar-refractivity contribution in [3.05, 3.63) is 24.3 Å². The Bertz CT molecular complexity index is 370. The minimum absolute atomic E-state index is 0.127. The van der Waals surface area contributed by atoms with Crippen LogP contribution in [0.4, 0.5) is 0 Å². The monoisotopic (exact) mass is 233 g/mol. The van der Waals surface area contributed by atoms with E-state index in [1.165, 1.54) is 19.2 Å². The average molecular weight is 233 g/mol. The van der Waals surface area contributed by atoms with Crippen LogP contribution >= 0.6 is 0 Å². The van der Waals surface area contributed by atoms with Gasteiger partial charge in [0.2, 0.25) is 0 Å². The summed E-state index contributed by atoms with van der Waals surface area (Å²) < 4.78 is 0. The second-order valence-corrected chi connectivity index (χ2v) is 4.85. The van der Waals surface area contributed by atoms with Crippen LogP contribution in [0.3, 0.4) is 0 Å². The van der Waals surface area contributed by atoms with Gasteiger partial charge >= 0.3 is 0 Å². The molecule has 0 unspecified atom stereocenters. The van der Waals surface area contributed by atoms with Crippen molar-refractivity contribution in [1.29, 1.82) is 0 Å². The number of ketones is 1. The highest BCUT2D eigenvalue weighted by molar-refractivity contribution is 6.00. The minimum Gasteiger partial charge on any atom is -0.329 e. The predicted octanol–water partition coefficient (Wildman–Crippen LogP) is 1.96. The summed E-state index contributed by atoms with van der Waals surface area (Å²) in [5, 5.41) is 0. The van der Waals surface area contributed by atoms with Gasteiger partial charge in [-0.1, -0.05) is 25.7 Å². The third-order valence-corrected chi connectivity index (χ3v) is 3.76. The van der Waals surface area contributed by atoms with E-state index in [-0.39, 0.29) is 11.2 Å². The minimum atomic E-state index is -0.374. The number of Topliss-reactive ketones (excluding diaryl/α,β-unsaturated/α-hetero) is 1. The summed E-state index contributed by atoms with van der Waals surface area (Å²) in [5.74, 6) is 0.127. The molecule has 1 aromatic heterocycles. The first-order valence-corrected chi connectivity index (χ1v) is 6.28. The van der Waals surface area contributed by atoms with E-state index in [2.05, 4.69) is 9.97 Å². The molecule has 0 amide bonds. The Morgan fingerprint density at radius 2 is 1.76 bits per heavy atom. The Morgan fingerprint density at radius 1 is 1.18 bits per heavy atom. The number of hydrogen-bond acceptors (Lipinski definition) is 4. The topological polar surface area (TPSA) is 68.9 Å². The first-order chi connectivity index (χ1) is 8.28. The van der Waals surface area contributed by atoms with Gasteiger partial charge in [-0.25, -0.2) is 9.97 Å². The molecule has 0 saturated heterocycles. The molecule has 0 spiro atoms. The standard InChI is InChI=1S/C13H19N3O/c14-9-13(5-3-1-2-4-6-13)12(17)11-7-15-10-16-8-11/h7-8,10H,1-6,9,14H2. The molecule has 1 aromatic rings. The third-order valence-electron chi connectivity index (χ3n) is 3.76. The second kappa shape index (κ2) is 5.36. The highest BCUT2D eigenvalue weighted by atomic mass is 16.1. The summed E-state index contributed by atoms with van der Waals surface area (Å²) in [5.41, 5.74) is 6.11. The molecular formula is C13H19N3O. The van der Waals surface area contributed by atoms with Crippen LogP contribution in [0.5, 0.6) is 0 Å². The van der Waals surface area contributed by atoms with Gasteiger partial charge in [0.25, 0.3) is 0 Å². The first-order valence-electron chi connectivity index (χ1n) is 6.28. The predicted molar refractivity (Wildman–Crippen MR) is 65.6 cm³/mol. The summed E-state index contributed by atoms with van der Waals surface area (Å²) in [6.45, 7) is 0.431. The van der Waals surface area contributed by atoms with Crippen LogP contribution in [-0.2, 0) is 0 Å². The number of nitrogens with zero attached hydrogens (tertiary/aromatic N) is 2. The van der Waals surface area contributed by atoms with E-state index in [9.17, 15) is 4.79 Å². The van der Waals surface area contributed by atoms with E-state index in [4.69, 9.17) is 5.73 Å².